The monoisotopic (exact) mass is 430 g/mol. The zero-order valence-electron chi connectivity index (χ0n) is 17.7. The van der Waals surface area contributed by atoms with E-state index in [2.05, 4.69) is 29.0 Å². The molecule has 2 aromatic carbocycles. The Bertz CT molecular complexity index is 960. The van der Waals surface area contributed by atoms with Gasteiger partial charge in [-0.2, -0.15) is 0 Å². The molecule has 1 aliphatic rings. The van der Waals surface area contributed by atoms with E-state index in [1.165, 1.54) is 0 Å². The molecule has 2 aromatic rings. The van der Waals surface area contributed by atoms with E-state index in [0.717, 1.165) is 29.4 Å². The average molecular weight is 431 g/mol. The highest BCUT2D eigenvalue weighted by molar-refractivity contribution is 7.88. The van der Waals surface area contributed by atoms with E-state index in [9.17, 15) is 13.2 Å². The predicted octanol–water partition coefficient (Wildman–Crippen LogP) is 3.82. The van der Waals surface area contributed by atoms with E-state index in [4.69, 9.17) is 4.74 Å². The first kappa shape index (κ1) is 22.3. The Morgan fingerprint density at radius 2 is 1.83 bits per heavy atom. The van der Waals surface area contributed by atoms with Gasteiger partial charge in [-0.1, -0.05) is 54.6 Å². The number of carbonyl (C=O) groups is 1. The molecule has 7 heteroatoms. The largest absolute Gasteiger partial charge is 0.447 e. The van der Waals surface area contributed by atoms with Crippen molar-refractivity contribution in [3.8, 4) is 11.1 Å². The van der Waals surface area contributed by atoms with Crippen LogP contribution in [0.4, 0.5) is 4.79 Å². The third-order valence-corrected chi connectivity index (χ3v) is 5.93. The molecule has 1 heterocycles. The molecule has 0 aromatic heterocycles. The van der Waals surface area contributed by atoms with Crippen LogP contribution in [-0.4, -0.2) is 50.4 Å². The molecule has 1 fully saturated rings. The van der Waals surface area contributed by atoms with Gasteiger partial charge in [0.15, 0.2) is 0 Å². The van der Waals surface area contributed by atoms with Crippen LogP contribution >= 0.6 is 0 Å². The van der Waals surface area contributed by atoms with E-state index in [1.807, 2.05) is 44.2 Å². The Morgan fingerprint density at radius 3 is 2.50 bits per heavy atom. The molecular weight excluding hydrogens is 400 g/mol. The number of nitrogens with zero attached hydrogens (tertiary/aromatic N) is 1. The summed E-state index contributed by atoms with van der Waals surface area (Å²) >= 11 is 0. The smallest absolute Gasteiger partial charge is 0.410 e. The standard InChI is InChI=1S/C23H30N2O4S/c1-17(2)29-23(26)25-14-8-13-21(24-30(3,27)28)22(25)16-18-9-7-12-20(15-18)19-10-5-4-6-11-19/h4-7,9-12,15,17,21-22,24H,8,13-14,16H2,1-3H3/t21-,22-/m1/s1. The molecule has 2 atom stereocenters. The number of hydrogen-bond donors (Lipinski definition) is 1. The average Bonchev–Trinajstić information content (AvgIpc) is 2.68. The van der Waals surface area contributed by atoms with E-state index in [0.29, 0.717) is 19.4 Å². The van der Waals surface area contributed by atoms with Gasteiger partial charge >= 0.3 is 6.09 Å². The summed E-state index contributed by atoms with van der Waals surface area (Å²) in [7, 11) is -3.40. The van der Waals surface area contributed by atoms with Crippen LogP contribution in [0, 0.1) is 0 Å². The van der Waals surface area contributed by atoms with Crippen molar-refractivity contribution in [2.24, 2.45) is 0 Å². The zero-order chi connectivity index (χ0) is 21.7. The predicted molar refractivity (Wildman–Crippen MR) is 119 cm³/mol. The molecule has 162 valence electrons. The number of benzene rings is 2. The van der Waals surface area contributed by atoms with E-state index < -0.39 is 16.1 Å². The lowest BCUT2D eigenvalue weighted by atomic mass is 9.90. The third kappa shape index (κ3) is 6.06. The molecule has 1 N–H and O–H groups in total. The highest BCUT2D eigenvalue weighted by Gasteiger charge is 2.37. The van der Waals surface area contributed by atoms with Crippen molar-refractivity contribution in [1.82, 2.24) is 9.62 Å². The summed E-state index contributed by atoms with van der Waals surface area (Å²) in [6.45, 7) is 4.18. The summed E-state index contributed by atoms with van der Waals surface area (Å²) < 4.78 is 32.1. The fraction of sp³-hybridized carbons (Fsp3) is 0.435. The molecule has 0 aliphatic carbocycles. The van der Waals surface area contributed by atoms with E-state index in [-0.39, 0.29) is 18.2 Å². The maximum atomic E-state index is 12.7. The molecular formula is C23H30N2O4S. The van der Waals surface area contributed by atoms with Crippen molar-refractivity contribution in [3.63, 3.8) is 0 Å². The fourth-order valence-electron chi connectivity index (χ4n) is 3.97. The van der Waals surface area contributed by atoms with Crippen LogP contribution < -0.4 is 4.72 Å². The van der Waals surface area contributed by atoms with Crippen LogP contribution in [-0.2, 0) is 21.2 Å². The minimum atomic E-state index is -3.40. The highest BCUT2D eigenvalue weighted by Crippen LogP contribution is 2.26. The first-order chi connectivity index (χ1) is 14.2. The van der Waals surface area contributed by atoms with Crippen LogP contribution in [0.2, 0.25) is 0 Å². The zero-order valence-corrected chi connectivity index (χ0v) is 18.6. The summed E-state index contributed by atoms with van der Waals surface area (Å²) in [6, 6.07) is 17.6. The highest BCUT2D eigenvalue weighted by atomic mass is 32.2. The second-order valence-corrected chi connectivity index (χ2v) is 9.88. The number of sulfonamides is 1. The summed E-state index contributed by atoms with van der Waals surface area (Å²) in [5.74, 6) is 0. The molecule has 1 aliphatic heterocycles. The first-order valence-corrected chi connectivity index (χ1v) is 12.2. The number of amides is 1. The molecule has 1 amide bonds. The quantitative estimate of drug-likeness (QED) is 0.756. The normalized spacial score (nSPS) is 19.7. The molecule has 0 bridgehead atoms. The van der Waals surface area contributed by atoms with Crippen molar-refractivity contribution in [3.05, 3.63) is 60.2 Å². The lowest BCUT2D eigenvalue weighted by Crippen LogP contribution is -2.58. The molecule has 0 radical (unpaired) electrons. The van der Waals surface area contributed by atoms with Crippen molar-refractivity contribution < 1.29 is 17.9 Å². The number of hydrogen-bond acceptors (Lipinski definition) is 4. The van der Waals surface area contributed by atoms with Gasteiger partial charge in [-0.05, 0) is 49.8 Å². The van der Waals surface area contributed by atoms with Gasteiger partial charge in [0.25, 0.3) is 0 Å². The summed E-state index contributed by atoms with van der Waals surface area (Å²) in [6.07, 6.45) is 2.48. The van der Waals surface area contributed by atoms with Gasteiger partial charge in [-0.3, -0.25) is 0 Å². The summed E-state index contributed by atoms with van der Waals surface area (Å²) in [4.78, 5) is 14.4. The van der Waals surface area contributed by atoms with Crippen LogP contribution in [0.5, 0.6) is 0 Å². The number of nitrogens with one attached hydrogen (secondary N) is 1. The van der Waals surface area contributed by atoms with Gasteiger partial charge in [-0.15, -0.1) is 0 Å². The Kier molecular flexibility index (Phi) is 7.15. The maximum Gasteiger partial charge on any atom is 0.410 e. The number of likely N-dealkylation sites (tertiary alicyclic amines) is 1. The van der Waals surface area contributed by atoms with Gasteiger partial charge in [0.1, 0.15) is 0 Å². The second kappa shape index (κ2) is 9.62. The van der Waals surface area contributed by atoms with Gasteiger partial charge in [-0.25, -0.2) is 17.9 Å². The van der Waals surface area contributed by atoms with Gasteiger partial charge < -0.3 is 9.64 Å². The molecule has 3 rings (SSSR count). The van der Waals surface area contributed by atoms with Crippen LogP contribution in [0.15, 0.2) is 54.6 Å². The Labute approximate surface area is 179 Å². The molecule has 30 heavy (non-hydrogen) atoms. The lowest BCUT2D eigenvalue weighted by Gasteiger charge is -2.41. The van der Waals surface area contributed by atoms with Crippen LogP contribution in [0.3, 0.4) is 0 Å². The number of rotatable bonds is 6. The van der Waals surface area contributed by atoms with Crippen LogP contribution in [0.1, 0.15) is 32.3 Å². The topological polar surface area (TPSA) is 75.7 Å². The third-order valence-electron chi connectivity index (χ3n) is 5.19. The SMILES string of the molecule is CC(C)OC(=O)N1CCC[C@@H](NS(C)(=O)=O)[C@H]1Cc1cccc(-c2ccccc2)c1. The van der Waals surface area contributed by atoms with Gasteiger partial charge in [0.2, 0.25) is 10.0 Å². The maximum absolute atomic E-state index is 12.7. The van der Waals surface area contributed by atoms with E-state index >= 15 is 0 Å². The number of ether oxygens (including phenoxy) is 1. The van der Waals surface area contributed by atoms with Gasteiger partial charge in [0.05, 0.1) is 18.4 Å². The molecule has 0 saturated carbocycles. The Hall–Kier alpha value is -2.38. The van der Waals surface area contributed by atoms with Crippen molar-refractivity contribution in [2.45, 2.75) is 51.3 Å². The summed E-state index contributed by atoms with van der Waals surface area (Å²) in [5.41, 5.74) is 3.25. The molecule has 0 spiro atoms. The number of carbonyl (C=O) groups excluding carboxylic acids is 1. The molecule has 1 saturated heterocycles. The second-order valence-electron chi connectivity index (χ2n) is 8.10. The van der Waals surface area contributed by atoms with Crippen molar-refractivity contribution in [1.29, 1.82) is 0 Å². The fourth-order valence-corrected chi connectivity index (χ4v) is 4.79. The summed E-state index contributed by atoms with van der Waals surface area (Å²) in [5, 5.41) is 0. The van der Waals surface area contributed by atoms with Gasteiger partial charge in [0, 0.05) is 12.6 Å². The number of piperidine rings is 1. The first-order valence-electron chi connectivity index (χ1n) is 10.3. The lowest BCUT2D eigenvalue weighted by molar-refractivity contribution is 0.0461. The molecule has 0 unspecified atom stereocenters. The van der Waals surface area contributed by atoms with Crippen molar-refractivity contribution in [2.75, 3.05) is 12.8 Å². The minimum Gasteiger partial charge on any atom is -0.447 e. The van der Waals surface area contributed by atoms with E-state index in [1.54, 1.807) is 4.90 Å². The Balaban J connectivity index is 1.89. The van der Waals surface area contributed by atoms with Crippen molar-refractivity contribution >= 4 is 16.1 Å². The minimum absolute atomic E-state index is 0.234. The van der Waals surface area contributed by atoms with Crippen LogP contribution in [0.25, 0.3) is 11.1 Å². The Morgan fingerprint density at radius 1 is 1.13 bits per heavy atom. The molecule has 6 nitrogen and oxygen atoms in total.